The van der Waals surface area contributed by atoms with Gasteiger partial charge in [0.2, 0.25) is 0 Å². The van der Waals surface area contributed by atoms with E-state index in [1.54, 1.807) is 13.8 Å². The van der Waals surface area contributed by atoms with E-state index in [-0.39, 0.29) is 6.61 Å². The lowest BCUT2D eigenvalue weighted by atomic mass is 9.81. The molecule has 1 atom stereocenters. The van der Waals surface area contributed by atoms with Gasteiger partial charge in [-0.1, -0.05) is 13.8 Å². The first-order valence-electron chi connectivity index (χ1n) is 4.80. The highest BCUT2D eigenvalue weighted by atomic mass is 19.1. The third-order valence-corrected chi connectivity index (χ3v) is 2.60. The zero-order valence-electron chi connectivity index (χ0n) is 9.10. The van der Waals surface area contributed by atoms with Crippen molar-refractivity contribution >= 4 is 0 Å². The van der Waals surface area contributed by atoms with Crippen molar-refractivity contribution in [1.29, 1.82) is 0 Å². The predicted molar refractivity (Wildman–Crippen MR) is 54.1 cm³/mol. The normalized spacial score (nSPS) is 13.9. The molecule has 0 heterocycles. The Bertz CT molecular complexity index is 370. The fraction of sp³-hybridized carbons (Fsp3) is 0.455. The molecule has 0 radical (unpaired) electrons. The molecule has 0 saturated heterocycles. The summed E-state index contributed by atoms with van der Waals surface area (Å²) in [4.78, 5) is 0. The van der Waals surface area contributed by atoms with Crippen molar-refractivity contribution in [2.75, 3.05) is 6.61 Å². The molecule has 0 fully saturated rings. The summed E-state index contributed by atoms with van der Waals surface area (Å²) in [5, 5.41) is 9.06. The summed E-state index contributed by atoms with van der Waals surface area (Å²) in [6, 6.07) is 0.107. The Morgan fingerprint density at radius 2 is 1.69 bits per heavy atom. The maximum Gasteiger partial charge on any atom is 0.133 e. The number of rotatable bonds is 3. The van der Waals surface area contributed by atoms with Gasteiger partial charge in [-0.3, -0.25) is 0 Å². The van der Waals surface area contributed by atoms with Crippen LogP contribution in [0.3, 0.4) is 0 Å². The Hall–Kier alpha value is -1.07. The molecule has 0 aliphatic carbocycles. The van der Waals surface area contributed by atoms with Gasteiger partial charge >= 0.3 is 0 Å². The topological polar surface area (TPSA) is 46.2 Å². The van der Waals surface area contributed by atoms with Crippen LogP contribution in [-0.2, 0) is 0 Å². The lowest BCUT2D eigenvalue weighted by molar-refractivity contribution is 0.129. The number of nitrogens with two attached hydrogens (primary N) is 1. The van der Waals surface area contributed by atoms with Gasteiger partial charge in [-0.2, -0.15) is 0 Å². The minimum absolute atomic E-state index is 0.329. The third-order valence-electron chi connectivity index (χ3n) is 2.60. The van der Waals surface area contributed by atoms with Gasteiger partial charge in [0.1, 0.15) is 17.5 Å². The van der Waals surface area contributed by atoms with Crippen molar-refractivity contribution in [2.24, 2.45) is 11.1 Å². The highest BCUT2D eigenvalue weighted by molar-refractivity contribution is 5.25. The summed E-state index contributed by atoms with van der Waals surface area (Å²) in [6.07, 6.45) is 0. The molecule has 0 saturated carbocycles. The summed E-state index contributed by atoms with van der Waals surface area (Å²) in [5.74, 6) is -3.06. The van der Waals surface area contributed by atoms with E-state index in [1.165, 1.54) is 0 Å². The summed E-state index contributed by atoms with van der Waals surface area (Å²) in [6.45, 7) is 2.81. The van der Waals surface area contributed by atoms with Crippen molar-refractivity contribution in [2.45, 2.75) is 19.9 Å². The zero-order chi connectivity index (χ0) is 12.5. The van der Waals surface area contributed by atoms with E-state index >= 15 is 0 Å². The van der Waals surface area contributed by atoms with E-state index in [4.69, 9.17) is 10.8 Å². The van der Waals surface area contributed by atoms with Gasteiger partial charge in [0.25, 0.3) is 0 Å². The second kappa shape index (κ2) is 4.43. The van der Waals surface area contributed by atoms with Crippen molar-refractivity contribution in [3.63, 3.8) is 0 Å². The molecule has 0 aliphatic rings. The van der Waals surface area contributed by atoms with Gasteiger partial charge in [0.05, 0.1) is 0 Å². The smallest absolute Gasteiger partial charge is 0.133 e. The molecule has 0 aromatic heterocycles. The molecule has 0 bridgehead atoms. The van der Waals surface area contributed by atoms with E-state index < -0.39 is 34.5 Å². The number of benzene rings is 1. The molecule has 0 aliphatic heterocycles. The molecular formula is C11H14F3NO. The molecule has 1 rings (SSSR count). The van der Waals surface area contributed by atoms with E-state index in [2.05, 4.69) is 0 Å². The van der Waals surface area contributed by atoms with Gasteiger partial charge in [-0.05, 0) is 0 Å². The maximum absolute atomic E-state index is 13.4. The van der Waals surface area contributed by atoms with Crippen molar-refractivity contribution < 1.29 is 18.3 Å². The monoisotopic (exact) mass is 233 g/mol. The molecule has 1 aromatic rings. The Morgan fingerprint density at radius 1 is 1.25 bits per heavy atom. The van der Waals surface area contributed by atoms with E-state index in [0.29, 0.717) is 12.1 Å². The Kier molecular flexibility index (Phi) is 3.60. The lowest BCUT2D eigenvalue weighted by Crippen LogP contribution is -2.33. The molecule has 0 amide bonds. The minimum atomic E-state index is -1.04. The Morgan fingerprint density at radius 3 is 2.06 bits per heavy atom. The first-order chi connectivity index (χ1) is 7.29. The summed E-state index contributed by atoms with van der Waals surface area (Å²) < 4.78 is 39.5. The van der Waals surface area contributed by atoms with Gasteiger partial charge in [0, 0.05) is 35.8 Å². The summed E-state index contributed by atoms with van der Waals surface area (Å²) in [5.41, 5.74) is 4.38. The molecule has 90 valence electrons. The largest absolute Gasteiger partial charge is 0.396 e. The van der Waals surface area contributed by atoms with Crippen molar-refractivity contribution in [3.8, 4) is 0 Å². The maximum atomic E-state index is 13.4. The SMILES string of the molecule is CC(C)(CO)[C@H](N)c1c(F)cc(F)cc1F. The van der Waals surface area contributed by atoms with Crippen LogP contribution in [0.4, 0.5) is 13.2 Å². The van der Waals surface area contributed by atoms with Crippen LogP contribution in [0.5, 0.6) is 0 Å². The standard InChI is InChI=1S/C11H14F3NO/c1-11(2,5-16)10(15)9-7(13)3-6(12)4-8(9)14/h3-4,10,16H,5,15H2,1-2H3/t10-/m1/s1. The molecule has 0 spiro atoms. The average molecular weight is 233 g/mol. The van der Waals surface area contributed by atoms with Gasteiger partial charge in [0.15, 0.2) is 0 Å². The van der Waals surface area contributed by atoms with Gasteiger partial charge < -0.3 is 10.8 Å². The molecule has 16 heavy (non-hydrogen) atoms. The predicted octanol–water partition coefficient (Wildman–Crippen LogP) is 2.12. The van der Waals surface area contributed by atoms with Crippen LogP contribution in [-0.4, -0.2) is 11.7 Å². The highest BCUT2D eigenvalue weighted by Gasteiger charge is 2.31. The Balaban J connectivity index is 3.24. The van der Waals surface area contributed by atoms with Crippen LogP contribution < -0.4 is 5.73 Å². The van der Waals surface area contributed by atoms with Crippen molar-refractivity contribution in [3.05, 3.63) is 35.1 Å². The van der Waals surface area contributed by atoms with Crippen LogP contribution >= 0.6 is 0 Å². The quantitative estimate of drug-likeness (QED) is 0.840. The van der Waals surface area contributed by atoms with Crippen LogP contribution in [0.15, 0.2) is 12.1 Å². The first kappa shape index (κ1) is 13.0. The molecule has 1 aromatic carbocycles. The number of halogens is 3. The average Bonchev–Trinajstić information content (AvgIpc) is 2.15. The molecular weight excluding hydrogens is 219 g/mol. The third kappa shape index (κ3) is 2.36. The van der Waals surface area contributed by atoms with Crippen LogP contribution in [0.1, 0.15) is 25.5 Å². The van der Waals surface area contributed by atoms with Crippen molar-refractivity contribution in [1.82, 2.24) is 0 Å². The highest BCUT2D eigenvalue weighted by Crippen LogP contribution is 2.33. The molecule has 5 heteroatoms. The Labute approximate surface area is 91.9 Å². The molecule has 0 unspecified atom stereocenters. The summed E-state index contributed by atoms with van der Waals surface area (Å²) >= 11 is 0. The number of aliphatic hydroxyl groups is 1. The number of hydrogen-bond acceptors (Lipinski definition) is 2. The van der Waals surface area contributed by atoms with Crippen LogP contribution in [0, 0.1) is 22.9 Å². The molecule has 2 nitrogen and oxygen atoms in total. The lowest BCUT2D eigenvalue weighted by Gasteiger charge is -2.30. The second-order valence-corrected chi connectivity index (χ2v) is 4.41. The first-order valence-corrected chi connectivity index (χ1v) is 4.80. The molecule has 3 N–H and O–H groups in total. The number of hydrogen-bond donors (Lipinski definition) is 2. The van der Waals surface area contributed by atoms with Crippen LogP contribution in [0.25, 0.3) is 0 Å². The summed E-state index contributed by atoms with van der Waals surface area (Å²) in [7, 11) is 0. The second-order valence-electron chi connectivity index (χ2n) is 4.41. The van der Waals surface area contributed by atoms with E-state index in [1.807, 2.05) is 0 Å². The number of aliphatic hydroxyl groups excluding tert-OH is 1. The van der Waals surface area contributed by atoms with Gasteiger partial charge in [-0.25, -0.2) is 13.2 Å². The fourth-order valence-electron chi connectivity index (χ4n) is 1.34. The van der Waals surface area contributed by atoms with E-state index in [9.17, 15) is 13.2 Å². The van der Waals surface area contributed by atoms with E-state index in [0.717, 1.165) is 0 Å². The van der Waals surface area contributed by atoms with Gasteiger partial charge in [-0.15, -0.1) is 0 Å². The minimum Gasteiger partial charge on any atom is -0.396 e. The van der Waals surface area contributed by atoms with Crippen LogP contribution in [0.2, 0.25) is 0 Å². The zero-order valence-corrected chi connectivity index (χ0v) is 9.10. The fourth-order valence-corrected chi connectivity index (χ4v) is 1.34.